The lowest BCUT2D eigenvalue weighted by Gasteiger charge is -2.18. The number of hydrogen-bond acceptors (Lipinski definition) is 2. The number of rotatable bonds is 4. The molecule has 0 fully saturated rings. The number of amides is 1. The van der Waals surface area contributed by atoms with Gasteiger partial charge >= 0.3 is 0 Å². The van der Waals surface area contributed by atoms with E-state index in [-0.39, 0.29) is 5.91 Å². The number of benzene rings is 2. The normalized spacial score (nSPS) is 10.7. The Hall–Kier alpha value is -2.94. The monoisotopic (exact) mass is 330 g/mol. The lowest BCUT2D eigenvalue weighted by Crippen LogP contribution is -2.26. The molecule has 126 valence electrons. The topological polar surface area (TPSA) is 33.2 Å². The first-order valence-electron chi connectivity index (χ1n) is 8.45. The van der Waals surface area contributed by atoms with Crippen molar-refractivity contribution >= 4 is 11.6 Å². The van der Waals surface area contributed by atoms with Crippen LogP contribution >= 0.6 is 0 Å². The van der Waals surface area contributed by atoms with Crippen LogP contribution in [0.1, 0.15) is 35.7 Å². The van der Waals surface area contributed by atoms with E-state index in [1.807, 2.05) is 36.4 Å². The molecule has 2 aromatic carbocycles. The molecular formula is C22H22N2O. The van der Waals surface area contributed by atoms with Gasteiger partial charge < -0.3 is 4.90 Å². The van der Waals surface area contributed by atoms with Gasteiger partial charge in [-0.2, -0.15) is 0 Å². The molecule has 3 rings (SSSR count). The van der Waals surface area contributed by atoms with E-state index in [9.17, 15) is 4.79 Å². The fourth-order valence-electron chi connectivity index (χ4n) is 2.96. The average molecular weight is 330 g/mol. The van der Waals surface area contributed by atoms with Gasteiger partial charge in [0, 0.05) is 30.7 Å². The maximum atomic E-state index is 12.9. The van der Waals surface area contributed by atoms with E-state index in [1.54, 1.807) is 24.3 Å². The third-order valence-corrected chi connectivity index (χ3v) is 4.36. The third kappa shape index (κ3) is 3.61. The molecule has 1 amide bonds. The number of aromatic nitrogens is 1. The Bertz CT molecular complexity index is 872. The molecule has 3 heteroatoms. The number of carbonyl (C=O) groups excluding carboxylic acids is 1. The van der Waals surface area contributed by atoms with E-state index in [2.05, 4.69) is 43.1 Å². The summed E-state index contributed by atoms with van der Waals surface area (Å²) in [6.07, 6.45) is 3.38. The van der Waals surface area contributed by atoms with Crippen LogP contribution in [0.15, 0.2) is 73.1 Å². The van der Waals surface area contributed by atoms with Crippen molar-refractivity contribution in [2.75, 3.05) is 11.9 Å². The quantitative estimate of drug-likeness (QED) is 0.663. The molecule has 0 radical (unpaired) electrons. The highest BCUT2D eigenvalue weighted by Crippen LogP contribution is 2.30. The van der Waals surface area contributed by atoms with Crippen LogP contribution < -0.4 is 4.90 Å². The second-order valence-corrected chi connectivity index (χ2v) is 6.39. The number of carbonyl (C=O) groups is 1. The lowest BCUT2D eigenvalue weighted by atomic mass is 9.92. The predicted molar refractivity (Wildman–Crippen MR) is 103 cm³/mol. The minimum Gasteiger partial charge on any atom is -0.311 e. The molecule has 0 saturated carbocycles. The SMILES string of the molecule is CC(C)c1ccccc1-c1cccc(C(=O)N(C)c2ccncc2)c1. The second-order valence-electron chi connectivity index (χ2n) is 6.39. The van der Waals surface area contributed by atoms with Gasteiger partial charge in [0.05, 0.1) is 0 Å². The molecule has 0 aliphatic heterocycles. The number of nitrogens with zero attached hydrogens (tertiary/aromatic N) is 2. The van der Waals surface area contributed by atoms with Crippen LogP contribution in [0.4, 0.5) is 5.69 Å². The Balaban J connectivity index is 1.96. The first-order valence-corrected chi connectivity index (χ1v) is 8.45. The van der Waals surface area contributed by atoms with E-state index in [4.69, 9.17) is 0 Å². The lowest BCUT2D eigenvalue weighted by molar-refractivity contribution is 0.0993. The van der Waals surface area contributed by atoms with Crippen molar-refractivity contribution in [3.63, 3.8) is 0 Å². The smallest absolute Gasteiger partial charge is 0.258 e. The summed E-state index contributed by atoms with van der Waals surface area (Å²) in [5, 5.41) is 0. The van der Waals surface area contributed by atoms with E-state index in [0.29, 0.717) is 11.5 Å². The summed E-state index contributed by atoms with van der Waals surface area (Å²) in [4.78, 5) is 18.5. The molecule has 3 nitrogen and oxygen atoms in total. The number of hydrogen-bond donors (Lipinski definition) is 0. The van der Waals surface area contributed by atoms with Crippen LogP contribution in [-0.4, -0.2) is 17.9 Å². The van der Waals surface area contributed by atoms with Crippen LogP contribution in [0, 0.1) is 0 Å². The molecule has 0 atom stereocenters. The molecule has 0 saturated heterocycles. The standard InChI is InChI=1S/C22H22N2O/c1-16(2)20-9-4-5-10-21(20)17-7-6-8-18(15-17)22(25)24(3)19-11-13-23-14-12-19/h4-16H,1-3H3. The van der Waals surface area contributed by atoms with Crippen molar-refractivity contribution in [1.82, 2.24) is 4.98 Å². The molecule has 0 spiro atoms. The van der Waals surface area contributed by atoms with Gasteiger partial charge in [-0.3, -0.25) is 9.78 Å². The molecule has 1 aromatic heterocycles. The minimum atomic E-state index is -0.0323. The molecule has 0 aliphatic carbocycles. The highest BCUT2D eigenvalue weighted by atomic mass is 16.2. The van der Waals surface area contributed by atoms with Crippen LogP contribution in [0.2, 0.25) is 0 Å². The van der Waals surface area contributed by atoms with E-state index in [0.717, 1.165) is 11.3 Å². The fourth-order valence-corrected chi connectivity index (χ4v) is 2.96. The van der Waals surface area contributed by atoms with E-state index in [1.165, 1.54) is 11.1 Å². The zero-order valence-corrected chi connectivity index (χ0v) is 14.8. The highest BCUT2D eigenvalue weighted by molar-refractivity contribution is 6.06. The Morgan fingerprint density at radius 3 is 2.40 bits per heavy atom. The van der Waals surface area contributed by atoms with Crippen molar-refractivity contribution < 1.29 is 4.79 Å². The maximum Gasteiger partial charge on any atom is 0.258 e. The van der Waals surface area contributed by atoms with Crippen molar-refractivity contribution in [2.24, 2.45) is 0 Å². The molecule has 0 bridgehead atoms. The summed E-state index contributed by atoms with van der Waals surface area (Å²) < 4.78 is 0. The molecule has 3 aromatic rings. The third-order valence-electron chi connectivity index (χ3n) is 4.36. The Kier molecular flexibility index (Phi) is 4.94. The molecule has 25 heavy (non-hydrogen) atoms. The molecule has 0 aliphatic rings. The summed E-state index contributed by atoms with van der Waals surface area (Å²) in [5.74, 6) is 0.394. The summed E-state index contributed by atoms with van der Waals surface area (Å²) in [6, 6.07) is 19.9. The summed E-state index contributed by atoms with van der Waals surface area (Å²) in [6.45, 7) is 4.37. The van der Waals surface area contributed by atoms with E-state index >= 15 is 0 Å². The Morgan fingerprint density at radius 1 is 0.960 bits per heavy atom. The Morgan fingerprint density at radius 2 is 1.68 bits per heavy atom. The number of pyridine rings is 1. The van der Waals surface area contributed by atoms with Gasteiger partial charge in [0.2, 0.25) is 0 Å². The van der Waals surface area contributed by atoms with E-state index < -0.39 is 0 Å². The van der Waals surface area contributed by atoms with Gasteiger partial charge in [0.1, 0.15) is 0 Å². The first kappa shape index (κ1) is 16.9. The minimum absolute atomic E-state index is 0.0323. The highest BCUT2D eigenvalue weighted by Gasteiger charge is 2.15. The summed E-state index contributed by atoms with van der Waals surface area (Å²) >= 11 is 0. The second kappa shape index (κ2) is 7.31. The van der Waals surface area contributed by atoms with Gasteiger partial charge in [-0.25, -0.2) is 0 Å². The molecular weight excluding hydrogens is 308 g/mol. The van der Waals surface area contributed by atoms with Crippen LogP contribution in [-0.2, 0) is 0 Å². The predicted octanol–water partition coefficient (Wildman–Crippen LogP) is 5.15. The average Bonchev–Trinajstić information content (AvgIpc) is 2.67. The summed E-state index contributed by atoms with van der Waals surface area (Å²) in [5.41, 5.74) is 5.04. The van der Waals surface area contributed by atoms with Gasteiger partial charge in [-0.05, 0) is 46.9 Å². The van der Waals surface area contributed by atoms with Crippen molar-refractivity contribution in [3.8, 4) is 11.1 Å². The summed E-state index contributed by atoms with van der Waals surface area (Å²) in [7, 11) is 1.78. The van der Waals surface area contributed by atoms with Gasteiger partial charge in [-0.1, -0.05) is 50.2 Å². The van der Waals surface area contributed by atoms with Crippen LogP contribution in [0.5, 0.6) is 0 Å². The van der Waals surface area contributed by atoms with Crippen molar-refractivity contribution in [1.29, 1.82) is 0 Å². The van der Waals surface area contributed by atoms with Crippen LogP contribution in [0.3, 0.4) is 0 Å². The van der Waals surface area contributed by atoms with Gasteiger partial charge in [0.25, 0.3) is 5.91 Å². The Labute approximate surface area is 149 Å². The van der Waals surface area contributed by atoms with Gasteiger partial charge in [0.15, 0.2) is 0 Å². The fraction of sp³-hybridized carbons (Fsp3) is 0.182. The number of anilines is 1. The van der Waals surface area contributed by atoms with Crippen LogP contribution in [0.25, 0.3) is 11.1 Å². The molecule has 1 heterocycles. The zero-order chi connectivity index (χ0) is 17.8. The van der Waals surface area contributed by atoms with Gasteiger partial charge in [-0.15, -0.1) is 0 Å². The zero-order valence-electron chi connectivity index (χ0n) is 14.8. The van der Waals surface area contributed by atoms with Crippen molar-refractivity contribution in [2.45, 2.75) is 19.8 Å². The van der Waals surface area contributed by atoms with Crippen molar-refractivity contribution in [3.05, 3.63) is 84.2 Å². The first-order chi connectivity index (χ1) is 12.1. The molecule has 0 unspecified atom stereocenters. The largest absolute Gasteiger partial charge is 0.311 e. The molecule has 0 N–H and O–H groups in total. The maximum absolute atomic E-state index is 12.9.